The van der Waals surface area contributed by atoms with Crippen molar-refractivity contribution in [2.45, 2.75) is 32.7 Å². The molecule has 3 aromatic rings. The molecule has 0 aliphatic rings. The number of phenolic OH excluding ortho intramolecular Hbond substituents is 1. The summed E-state index contributed by atoms with van der Waals surface area (Å²) in [5.74, 6) is -1.25. The number of fused-ring (bicyclic) bond motifs is 1. The van der Waals surface area contributed by atoms with Crippen molar-refractivity contribution in [3.8, 4) is 11.5 Å². The Hall–Kier alpha value is -3.81. The lowest BCUT2D eigenvalue weighted by molar-refractivity contribution is -0.141. The van der Waals surface area contributed by atoms with Crippen LogP contribution < -0.4 is 15.7 Å². The van der Waals surface area contributed by atoms with E-state index in [0.29, 0.717) is 27.8 Å². The van der Waals surface area contributed by atoms with Gasteiger partial charge in [0.05, 0.1) is 24.5 Å². The minimum absolute atomic E-state index is 0.0275. The fraction of sp³-hybridized carbons (Fsp3) is 0.261. The fourth-order valence-corrected chi connectivity index (χ4v) is 3.48. The molecule has 0 saturated heterocycles. The summed E-state index contributed by atoms with van der Waals surface area (Å²) in [5.41, 5.74) is 1.88. The summed E-state index contributed by atoms with van der Waals surface area (Å²) in [6.07, 6.45) is -0.305. The van der Waals surface area contributed by atoms with Gasteiger partial charge in [0.1, 0.15) is 23.1 Å². The van der Waals surface area contributed by atoms with Gasteiger partial charge in [0.2, 0.25) is 5.91 Å². The minimum atomic E-state index is -1.21. The number of hydrogen-bond acceptors (Lipinski definition) is 6. The SMILES string of the molecule is COc1cc(C)cc2oc(=O)c(CC(=O)NC(Cc3ccc(O)cc3)C(=O)O)c(C)c12. The average molecular weight is 425 g/mol. The van der Waals surface area contributed by atoms with Crippen LogP contribution in [0.2, 0.25) is 0 Å². The molecule has 1 heterocycles. The molecule has 0 fully saturated rings. The lowest BCUT2D eigenvalue weighted by Gasteiger charge is -2.16. The van der Waals surface area contributed by atoms with Crippen molar-refractivity contribution in [3.05, 3.63) is 69.1 Å². The zero-order chi connectivity index (χ0) is 22.7. The second kappa shape index (κ2) is 8.91. The molecule has 0 aliphatic heterocycles. The molecule has 1 aromatic heterocycles. The number of hydrogen-bond donors (Lipinski definition) is 3. The van der Waals surface area contributed by atoms with Crippen LogP contribution in [0.25, 0.3) is 11.0 Å². The van der Waals surface area contributed by atoms with E-state index in [4.69, 9.17) is 9.15 Å². The van der Waals surface area contributed by atoms with Crippen molar-refractivity contribution in [2.24, 2.45) is 0 Å². The van der Waals surface area contributed by atoms with E-state index < -0.39 is 23.5 Å². The van der Waals surface area contributed by atoms with Crippen LogP contribution >= 0.6 is 0 Å². The van der Waals surface area contributed by atoms with Crippen molar-refractivity contribution in [2.75, 3.05) is 7.11 Å². The maximum atomic E-state index is 12.6. The molecular weight excluding hydrogens is 402 g/mol. The van der Waals surface area contributed by atoms with E-state index in [1.54, 1.807) is 31.2 Å². The number of benzene rings is 2. The number of aliphatic carboxylic acids is 1. The van der Waals surface area contributed by atoms with Gasteiger partial charge >= 0.3 is 11.6 Å². The Morgan fingerprint density at radius 1 is 1.16 bits per heavy atom. The van der Waals surface area contributed by atoms with E-state index in [1.807, 2.05) is 6.92 Å². The first-order chi connectivity index (χ1) is 14.7. The fourth-order valence-electron chi connectivity index (χ4n) is 3.48. The average Bonchev–Trinajstić information content (AvgIpc) is 2.71. The van der Waals surface area contributed by atoms with E-state index in [1.165, 1.54) is 19.2 Å². The van der Waals surface area contributed by atoms with E-state index in [9.17, 15) is 24.6 Å². The number of carbonyl (C=O) groups excluding carboxylic acids is 1. The number of nitrogens with one attached hydrogen (secondary N) is 1. The van der Waals surface area contributed by atoms with Gasteiger partial charge in [-0.1, -0.05) is 12.1 Å². The number of phenols is 1. The van der Waals surface area contributed by atoms with Crippen molar-refractivity contribution in [1.82, 2.24) is 5.32 Å². The van der Waals surface area contributed by atoms with Crippen molar-refractivity contribution in [3.63, 3.8) is 0 Å². The van der Waals surface area contributed by atoms with E-state index >= 15 is 0 Å². The van der Waals surface area contributed by atoms with Gasteiger partial charge in [-0.2, -0.15) is 0 Å². The number of aromatic hydroxyl groups is 1. The zero-order valence-electron chi connectivity index (χ0n) is 17.4. The molecule has 1 atom stereocenters. The second-order valence-electron chi connectivity index (χ2n) is 7.34. The molecule has 31 heavy (non-hydrogen) atoms. The van der Waals surface area contributed by atoms with Crippen LogP contribution in [-0.2, 0) is 22.4 Å². The van der Waals surface area contributed by atoms with Crippen LogP contribution in [0.4, 0.5) is 0 Å². The minimum Gasteiger partial charge on any atom is -0.508 e. The molecule has 3 rings (SSSR count). The van der Waals surface area contributed by atoms with Crippen LogP contribution in [0.3, 0.4) is 0 Å². The predicted octanol–water partition coefficient (Wildman–Crippen LogP) is 2.48. The van der Waals surface area contributed by atoms with E-state index in [2.05, 4.69) is 5.32 Å². The Bertz CT molecular complexity index is 1200. The number of rotatable bonds is 7. The molecule has 0 spiro atoms. The molecule has 0 aliphatic carbocycles. The third-order valence-electron chi connectivity index (χ3n) is 5.05. The lowest BCUT2D eigenvalue weighted by Crippen LogP contribution is -2.43. The predicted molar refractivity (Wildman–Crippen MR) is 114 cm³/mol. The Kier molecular flexibility index (Phi) is 6.29. The largest absolute Gasteiger partial charge is 0.508 e. The highest BCUT2D eigenvalue weighted by Gasteiger charge is 2.23. The number of carboxylic acid groups (broad SMARTS) is 1. The molecule has 162 valence electrons. The number of carboxylic acids is 1. The maximum Gasteiger partial charge on any atom is 0.340 e. The molecule has 0 bridgehead atoms. The third-order valence-corrected chi connectivity index (χ3v) is 5.05. The highest BCUT2D eigenvalue weighted by Crippen LogP contribution is 2.30. The molecule has 0 saturated carbocycles. The molecule has 0 radical (unpaired) electrons. The summed E-state index contributed by atoms with van der Waals surface area (Å²) in [7, 11) is 1.51. The quantitative estimate of drug-likeness (QED) is 0.497. The summed E-state index contributed by atoms with van der Waals surface area (Å²) in [5, 5.41) is 21.9. The molecule has 2 aromatic carbocycles. The van der Waals surface area contributed by atoms with Crippen LogP contribution in [0.15, 0.2) is 45.6 Å². The Labute approximate surface area is 178 Å². The summed E-state index contributed by atoms with van der Waals surface area (Å²) < 4.78 is 10.8. The topological polar surface area (TPSA) is 126 Å². The van der Waals surface area contributed by atoms with Crippen molar-refractivity contribution >= 4 is 22.8 Å². The smallest absolute Gasteiger partial charge is 0.340 e. The molecule has 8 nitrogen and oxygen atoms in total. The Balaban J connectivity index is 1.86. The summed E-state index contributed by atoms with van der Waals surface area (Å²) in [4.78, 5) is 36.7. The maximum absolute atomic E-state index is 12.6. The number of aryl methyl sites for hydroxylation is 2. The van der Waals surface area contributed by atoms with Gasteiger partial charge in [0.15, 0.2) is 0 Å². The van der Waals surface area contributed by atoms with Crippen LogP contribution in [0.5, 0.6) is 11.5 Å². The summed E-state index contributed by atoms with van der Waals surface area (Å²) in [6.45, 7) is 3.55. The van der Waals surface area contributed by atoms with Crippen LogP contribution in [-0.4, -0.2) is 35.2 Å². The number of methoxy groups -OCH3 is 1. The van der Waals surface area contributed by atoms with Gasteiger partial charge in [-0.15, -0.1) is 0 Å². The Morgan fingerprint density at radius 2 is 1.84 bits per heavy atom. The van der Waals surface area contributed by atoms with Crippen molar-refractivity contribution in [1.29, 1.82) is 0 Å². The third kappa shape index (κ3) is 4.85. The first-order valence-electron chi connectivity index (χ1n) is 9.60. The van der Waals surface area contributed by atoms with Gasteiger partial charge < -0.3 is 24.7 Å². The van der Waals surface area contributed by atoms with Crippen LogP contribution in [0, 0.1) is 13.8 Å². The molecule has 1 unspecified atom stereocenters. The molecule has 1 amide bonds. The molecular formula is C23H23NO7. The van der Waals surface area contributed by atoms with Gasteiger partial charge in [-0.3, -0.25) is 4.79 Å². The number of amides is 1. The highest BCUT2D eigenvalue weighted by atomic mass is 16.5. The van der Waals surface area contributed by atoms with Crippen LogP contribution in [0.1, 0.15) is 22.3 Å². The number of carbonyl (C=O) groups is 2. The zero-order valence-corrected chi connectivity index (χ0v) is 17.4. The van der Waals surface area contributed by atoms with Gasteiger partial charge in [0, 0.05) is 6.42 Å². The first-order valence-corrected chi connectivity index (χ1v) is 9.60. The summed E-state index contributed by atoms with van der Waals surface area (Å²) >= 11 is 0. The molecule has 3 N–H and O–H groups in total. The standard InChI is InChI=1S/C23H23NO7/c1-12-8-18(30-3)21-13(2)16(23(29)31-19(21)9-12)11-20(26)24-17(22(27)28)10-14-4-6-15(25)7-5-14/h4-9,17,25H,10-11H2,1-3H3,(H,24,26)(H,27,28). The first kappa shape index (κ1) is 21.9. The Morgan fingerprint density at radius 3 is 2.45 bits per heavy atom. The normalized spacial score (nSPS) is 11.8. The van der Waals surface area contributed by atoms with E-state index in [0.717, 1.165) is 5.56 Å². The van der Waals surface area contributed by atoms with Gasteiger partial charge in [0.25, 0.3) is 0 Å². The monoisotopic (exact) mass is 425 g/mol. The van der Waals surface area contributed by atoms with Gasteiger partial charge in [-0.25, -0.2) is 9.59 Å². The summed E-state index contributed by atoms with van der Waals surface area (Å²) in [6, 6.07) is 8.36. The van der Waals surface area contributed by atoms with Gasteiger partial charge in [-0.05, 0) is 54.8 Å². The highest BCUT2D eigenvalue weighted by molar-refractivity contribution is 5.90. The lowest BCUT2D eigenvalue weighted by atomic mass is 10.0. The second-order valence-corrected chi connectivity index (χ2v) is 7.34. The van der Waals surface area contributed by atoms with Crippen molar-refractivity contribution < 1.29 is 29.0 Å². The van der Waals surface area contributed by atoms with E-state index in [-0.39, 0.29) is 24.2 Å². The molecule has 8 heteroatoms. The number of ether oxygens (including phenoxy) is 1.